The second-order valence-electron chi connectivity index (χ2n) is 4.97. The van der Waals surface area contributed by atoms with Crippen molar-refractivity contribution in [1.82, 2.24) is 0 Å². The molecule has 19 heavy (non-hydrogen) atoms. The van der Waals surface area contributed by atoms with Crippen molar-refractivity contribution in [1.29, 1.82) is 0 Å². The van der Waals surface area contributed by atoms with E-state index in [4.69, 9.17) is 0 Å². The third-order valence-corrected chi connectivity index (χ3v) is 3.67. The highest BCUT2D eigenvalue weighted by Crippen LogP contribution is 2.38. The van der Waals surface area contributed by atoms with Crippen molar-refractivity contribution in [3.05, 3.63) is 47.1 Å². The van der Waals surface area contributed by atoms with Gasteiger partial charge in [-0.1, -0.05) is 36.0 Å². The Morgan fingerprint density at radius 3 is 2.63 bits per heavy atom. The van der Waals surface area contributed by atoms with E-state index in [1.807, 2.05) is 6.92 Å². The summed E-state index contributed by atoms with van der Waals surface area (Å²) >= 11 is 0. The Labute approximate surface area is 110 Å². The second kappa shape index (κ2) is 5.19. The average Bonchev–Trinajstić information content (AvgIpc) is 2.37. The van der Waals surface area contributed by atoms with Crippen molar-refractivity contribution in [3.8, 4) is 0 Å². The van der Waals surface area contributed by atoms with E-state index >= 15 is 0 Å². The molecule has 1 nitrogen and oxygen atoms in total. The Morgan fingerprint density at radius 2 is 2.05 bits per heavy atom. The van der Waals surface area contributed by atoms with Crippen molar-refractivity contribution in [2.24, 2.45) is 11.8 Å². The molecule has 0 radical (unpaired) electrons. The van der Waals surface area contributed by atoms with Gasteiger partial charge in [0.15, 0.2) is 0 Å². The van der Waals surface area contributed by atoms with Crippen LogP contribution < -0.4 is 0 Å². The van der Waals surface area contributed by atoms with E-state index in [1.165, 1.54) is 6.08 Å². The number of carbonyl (C=O) groups excluding carboxylic acids is 1. The minimum Gasteiger partial charge on any atom is -0.298 e. The summed E-state index contributed by atoms with van der Waals surface area (Å²) in [5.41, 5.74) is 1.02. The van der Waals surface area contributed by atoms with Crippen LogP contribution in [0.1, 0.15) is 19.8 Å². The molecule has 0 bridgehead atoms. The maximum Gasteiger partial charge on any atom is 0.416 e. The number of hydrogen-bond donors (Lipinski definition) is 0. The Morgan fingerprint density at radius 1 is 1.32 bits per heavy atom. The zero-order valence-corrected chi connectivity index (χ0v) is 10.6. The summed E-state index contributed by atoms with van der Waals surface area (Å²) in [5.74, 6) is -0.103. The fraction of sp³-hybridized carbons (Fsp3) is 0.400. The highest BCUT2D eigenvalue weighted by atomic mass is 19.4. The molecule has 0 aliphatic heterocycles. The fourth-order valence-corrected chi connectivity index (χ4v) is 2.65. The van der Waals surface area contributed by atoms with Gasteiger partial charge in [0.05, 0.1) is 5.57 Å². The standard InChI is InChI=1S/C15H15F3O/c1-10-7-11(9-19)5-6-14(10)12-3-2-4-13(8-12)15(16,17)18/h2,4-5,7-9,12,14H,3,6H2,1H3. The Bertz CT molecular complexity index is 492. The average molecular weight is 268 g/mol. The maximum atomic E-state index is 12.7. The van der Waals surface area contributed by atoms with Gasteiger partial charge in [-0.15, -0.1) is 0 Å². The van der Waals surface area contributed by atoms with Gasteiger partial charge in [0, 0.05) is 5.57 Å². The first kappa shape index (κ1) is 13.8. The molecule has 2 aliphatic carbocycles. The normalized spacial score (nSPS) is 27.5. The van der Waals surface area contributed by atoms with Gasteiger partial charge in [0.25, 0.3) is 0 Å². The van der Waals surface area contributed by atoms with Crippen molar-refractivity contribution in [2.75, 3.05) is 0 Å². The van der Waals surface area contributed by atoms with Crippen LogP contribution in [0.3, 0.4) is 0 Å². The van der Waals surface area contributed by atoms with E-state index in [1.54, 1.807) is 18.2 Å². The quantitative estimate of drug-likeness (QED) is 0.688. The van der Waals surface area contributed by atoms with Crippen LogP contribution in [0.5, 0.6) is 0 Å². The van der Waals surface area contributed by atoms with Crippen LogP contribution in [0.4, 0.5) is 13.2 Å². The largest absolute Gasteiger partial charge is 0.416 e. The van der Waals surface area contributed by atoms with Gasteiger partial charge < -0.3 is 0 Å². The topological polar surface area (TPSA) is 17.1 Å². The van der Waals surface area contributed by atoms with E-state index in [-0.39, 0.29) is 11.8 Å². The smallest absolute Gasteiger partial charge is 0.298 e. The summed E-state index contributed by atoms with van der Waals surface area (Å²) in [4.78, 5) is 10.7. The zero-order chi connectivity index (χ0) is 14.0. The van der Waals surface area contributed by atoms with Crippen LogP contribution in [0.25, 0.3) is 0 Å². The Kier molecular flexibility index (Phi) is 3.78. The lowest BCUT2D eigenvalue weighted by Crippen LogP contribution is -2.21. The minimum absolute atomic E-state index is 0.0472. The lowest BCUT2D eigenvalue weighted by Gasteiger charge is -2.29. The second-order valence-corrected chi connectivity index (χ2v) is 4.97. The molecule has 0 aromatic heterocycles. The highest BCUT2D eigenvalue weighted by Gasteiger charge is 2.35. The molecule has 2 unspecified atom stereocenters. The highest BCUT2D eigenvalue weighted by molar-refractivity contribution is 5.78. The van der Waals surface area contributed by atoms with E-state index < -0.39 is 11.7 Å². The number of aldehydes is 1. The van der Waals surface area contributed by atoms with E-state index in [9.17, 15) is 18.0 Å². The lowest BCUT2D eigenvalue weighted by molar-refractivity contribution is -0.104. The molecule has 0 amide bonds. The molecular formula is C15H15F3O. The molecule has 0 aromatic carbocycles. The third-order valence-electron chi connectivity index (χ3n) is 3.67. The minimum atomic E-state index is -4.29. The molecule has 2 atom stereocenters. The summed E-state index contributed by atoms with van der Waals surface area (Å²) in [6.07, 6.45) is 5.33. The van der Waals surface area contributed by atoms with Gasteiger partial charge in [-0.25, -0.2) is 0 Å². The number of carbonyl (C=O) groups is 1. The molecule has 0 spiro atoms. The van der Waals surface area contributed by atoms with Crippen LogP contribution in [-0.4, -0.2) is 12.5 Å². The molecule has 2 aliphatic rings. The number of allylic oxidation sites excluding steroid dienone is 8. The molecule has 0 saturated carbocycles. The molecule has 4 heteroatoms. The SMILES string of the molecule is CC1=CC(C=O)=CCC1C1C=C(C(F)(F)F)C=CC1. The molecule has 102 valence electrons. The molecule has 0 N–H and O–H groups in total. The molecule has 0 fully saturated rings. The van der Waals surface area contributed by atoms with Crippen LogP contribution in [0.15, 0.2) is 47.1 Å². The van der Waals surface area contributed by atoms with Crippen molar-refractivity contribution in [2.45, 2.75) is 25.9 Å². The molecule has 2 rings (SSSR count). The van der Waals surface area contributed by atoms with Crippen molar-refractivity contribution >= 4 is 6.29 Å². The number of halogens is 3. The Hall–Kier alpha value is -1.58. The van der Waals surface area contributed by atoms with Gasteiger partial charge in [-0.3, -0.25) is 4.79 Å². The molecular weight excluding hydrogens is 253 g/mol. The summed E-state index contributed by atoms with van der Waals surface area (Å²) in [7, 11) is 0. The van der Waals surface area contributed by atoms with Gasteiger partial charge in [-0.2, -0.15) is 13.2 Å². The Balaban J connectivity index is 2.19. The monoisotopic (exact) mass is 268 g/mol. The van der Waals surface area contributed by atoms with Crippen LogP contribution in [0.2, 0.25) is 0 Å². The lowest BCUT2D eigenvalue weighted by atomic mass is 9.76. The summed E-state index contributed by atoms with van der Waals surface area (Å²) in [6, 6.07) is 0. The van der Waals surface area contributed by atoms with Gasteiger partial charge in [0.1, 0.15) is 6.29 Å². The number of hydrogen-bond acceptors (Lipinski definition) is 1. The molecule has 0 aromatic rings. The predicted molar refractivity (Wildman–Crippen MR) is 67.4 cm³/mol. The first-order valence-electron chi connectivity index (χ1n) is 6.21. The number of rotatable bonds is 2. The van der Waals surface area contributed by atoms with Crippen molar-refractivity contribution < 1.29 is 18.0 Å². The number of alkyl halides is 3. The van der Waals surface area contributed by atoms with Crippen molar-refractivity contribution in [3.63, 3.8) is 0 Å². The third kappa shape index (κ3) is 3.06. The summed E-state index contributed by atoms with van der Waals surface area (Å²) in [5, 5.41) is 0. The van der Waals surface area contributed by atoms with E-state index in [2.05, 4.69) is 0 Å². The first-order valence-corrected chi connectivity index (χ1v) is 6.21. The maximum absolute atomic E-state index is 12.7. The van der Waals surface area contributed by atoms with Gasteiger partial charge in [-0.05, 0) is 31.6 Å². The fourth-order valence-electron chi connectivity index (χ4n) is 2.65. The predicted octanol–water partition coefficient (Wildman–Crippen LogP) is 4.14. The zero-order valence-electron chi connectivity index (χ0n) is 10.6. The van der Waals surface area contributed by atoms with Crippen LogP contribution in [0, 0.1) is 11.8 Å². The van der Waals surface area contributed by atoms with Gasteiger partial charge >= 0.3 is 6.18 Å². The molecule has 0 heterocycles. The molecule has 0 saturated heterocycles. The summed E-state index contributed by atoms with van der Waals surface area (Å²) < 4.78 is 38.1. The van der Waals surface area contributed by atoms with Crippen LogP contribution >= 0.6 is 0 Å². The van der Waals surface area contributed by atoms with E-state index in [0.717, 1.165) is 17.9 Å². The summed E-state index contributed by atoms with van der Waals surface area (Å²) in [6.45, 7) is 1.88. The van der Waals surface area contributed by atoms with E-state index in [0.29, 0.717) is 18.4 Å². The van der Waals surface area contributed by atoms with Crippen LogP contribution in [-0.2, 0) is 4.79 Å². The van der Waals surface area contributed by atoms with Gasteiger partial charge in [0.2, 0.25) is 0 Å². The first-order chi connectivity index (χ1) is 8.91.